The lowest BCUT2D eigenvalue weighted by Crippen LogP contribution is -2.43. The number of amides is 1. The van der Waals surface area contributed by atoms with E-state index in [-0.39, 0.29) is 42.7 Å². The normalized spacial score (nSPS) is 11.3. The second-order valence-electron chi connectivity index (χ2n) is 7.74. The van der Waals surface area contributed by atoms with Crippen LogP contribution in [0.2, 0.25) is 0 Å². The molecule has 37 heavy (non-hydrogen) atoms. The summed E-state index contributed by atoms with van der Waals surface area (Å²) in [5.41, 5.74) is 1.36. The first kappa shape index (κ1) is 27.0. The summed E-state index contributed by atoms with van der Waals surface area (Å²) in [7, 11) is 0. The number of carbonyl (C=O) groups excluding carboxylic acids is 3. The lowest BCUT2D eigenvalue weighted by Gasteiger charge is -2.18. The van der Waals surface area contributed by atoms with Crippen LogP contribution in [-0.2, 0) is 25.7 Å². The molecule has 0 fully saturated rings. The van der Waals surface area contributed by atoms with Crippen molar-refractivity contribution in [2.75, 3.05) is 13.2 Å². The van der Waals surface area contributed by atoms with E-state index in [1.54, 1.807) is 32.0 Å². The predicted octanol–water partition coefficient (Wildman–Crippen LogP) is 3.84. The van der Waals surface area contributed by atoms with Crippen molar-refractivity contribution in [3.8, 4) is 17.1 Å². The van der Waals surface area contributed by atoms with Crippen LogP contribution in [0.15, 0.2) is 65.1 Å². The Hall–Kier alpha value is -4.60. The van der Waals surface area contributed by atoms with Gasteiger partial charge in [0, 0.05) is 5.56 Å². The number of carboxylic acid groups (broad SMARTS) is 1. The van der Waals surface area contributed by atoms with Gasteiger partial charge in [0.15, 0.2) is 0 Å². The van der Waals surface area contributed by atoms with Crippen LogP contribution in [0.5, 0.6) is 5.75 Å². The number of hydrogen-bond donors (Lipinski definition) is 2. The Balaban J connectivity index is 1.76. The van der Waals surface area contributed by atoms with Crippen molar-refractivity contribution in [1.82, 2.24) is 5.32 Å². The first-order chi connectivity index (χ1) is 17.8. The van der Waals surface area contributed by atoms with Gasteiger partial charge < -0.3 is 29.1 Å². The number of aromatic carboxylic acids is 1. The van der Waals surface area contributed by atoms with Crippen LogP contribution in [0.1, 0.15) is 46.7 Å². The first-order valence-electron chi connectivity index (χ1n) is 11.6. The van der Waals surface area contributed by atoms with Gasteiger partial charge in [-0.2, -0.15) is 0 Å². The van der Waals surface area contributed by atoms with Gasteiger partial charge in [-0.3, -0.25) is 9.59 Å². The summed E-state index contributed by atoms with van der Waals surface area (Å²) >= 11 is 0. The van der Waals surface area contributed by atoms with Crippen molar-refractivity contribution in [3.05, 3.63) is 77.6 Å². The van der Waals surface area contributed by atoms with E-state index in [4.69, 9.17) is 23.7 Å². The highest BCUT2D eigenvalue weighted by Gasteiger charge is 2.28. The molecule has 0 aliphatic heterocycles. The summed E-state index contributed by atoms with van der Waals surface area (Å²) in [4.78, 5) is 49.1. The molecule has 3 aromatic rings. The summed E-state index contributed by atoms with van der Waals surface area (Å²) in [5.74, 6) is -3.12. The summed E-state index contributed by atoms with van der Waals surface area (Å²) in [6.45, 7) is 3.66. The second-order valence-corrected chi connectivity index (χ2v) is 7.74. The van der Waals surface area contributed by atoms with E-state index in [9.17, 15) is 19.2 Å². The molecule has 0 bridgehead atoms. The molecule has 0 aliphatic rings. The van der Waals surface area contributed by atoms with Crippen LogP contribution in [0.3, 0.4) is 0 Å². The summed E-state index contributed by atoms with van der Waals surface area (Å²) < 4.78 is 21.2. The van der Waals surface area contributed by atoms with Crippen LogP contribution in [0.4, 0.5) is 0 Å². The summed E-state index contributed by atoms with van der Waals surface area (Å²) in [6.07, 6.45) is -0.427. The summed E-state index contributed by atoms with van der Waals surface area (Å²) in [5, 5.41) is 11.6. The van der Waals surface area contributed by atoms with Gasteiger partial charge >= 0.3 is 17.9 Å². The molecule has 10 heteroatoms. The maximum atomic E-state index is 13.1. The molecule has 1 atom stereocenters. The van der Waals surface area contributed by atoms with Crippen LogP contribution >= 0.6 is 0 Å². The van der Waals surface area contributed by atoms with E-state index in [1.807, 2.05) is 18.2 Å². The maximum absolute atomic E-state index is 13.1. The van der Waals surface area contributed by atoms with Gasteiger partial charge in [-0.15, -0.1) is 0 Å². The van der Waals surface area contributed by atoms with Crippen molar-refractivity contribution in [3.63, 3.8) is 0 Å². The lowest BCUT2D eigenvalue weighted by atomic mass is 10.1. The topological polar surface area (TPSA) is 141 Å². The van der Waals surface area contributed by atoms with Crippen LogP contribution in [-0.4, -0.2) is 48.2 Å². The highest BCUT2D eigenvalue weighted by molar-refractivity contribution is 6.00. The van der Waals surface area contributed by atoms with E-state index in [2.05, 4.69) is 5.32 Å². The Morgan fingerprint density at radius 3 is 2.35 bits per heavy atom. The van der Waals surface area contributed by atoms with Crippen molar-refractivity contribution < 1.29 is 42.9 Å². The molecular formula is C27H27NO9. The third-order valence-corrected chi connectivity index (χ3v) is 5.12. The van der Waals surface area contributed by atoms with Crippen molar-refractivity contribution >= 4 is 23.8 Å². The monoisotopic (exact) mass is 509 g/mol. The van der Waals surface area contributed by atoms with Gasteiger partial charge in [-0.1, -0.05) is 36.4 Å². The Kier molecular flexibility index (Phi) is 9.42. The third kappa shape index (κ3) is 7.44. The largest absolute Gasteiger partial charge is 0.493 e. The molecule has 0 aliphatic carbocycles. The molecule has 0 saturated carbocycles. The molecule has 0 radical (unpaired) electrons. The number of hydrogen-bond acceptors (Lipinski definition) is 8. The zero-order valence-electron chi connectivity index (χ0n) is 20.4. The molecule has 1 unspecified atom stereocenters. The Labute approximate surface area is 213 Å². The molecule has 2 aromatic carbocycles. The molecule has 0 spiro atoms. The average molecular weight is 510 g/mol. The molecule has 3 rings (SSSR count). The van der Waals surface area contributed by atoms with Crippen LogP contribution < -0.4 is 10.1 Å². The van der Waals surface area contributed by atoms with Crippen LogP contribution in [0, 0.1) is 0 Å². The van der Waals surface area contributed by atoms with Crippen LogP contribution in [0.25, 0.3) is 11.3 Å². The molecule has 0 saturated heterocycles. The average Bonchev–Trinajstić information content (AvgIpc) is 3.39. The van der Waals surface area contributed by atoms with E-state index >= 15 is 0 Å². The van der Waals surface area contributed by atoms with E-state index in [1.165, 1.54) is 24.3 Å². The fourth-order valence-electron chi connectivity index (χ4n) is 3.38. The highest BCUT2D eigenvalue weighted by Crippen LogP contribution is 2.29. The van der Waals surface area contributed by atoms with Crippen molar-refractivity contribution in [1.29, 1.82) is 0 Å². The SMILES string of the molecule is CCOC(=O)C(CC(=O)OCc1ccccc1)NC(=O)c1ccc(-c2ccc(C(=O)O)o2)cc1OCC. The zero-order valence-corrected chi connectivity index (χ0v) is 20.4. The Morgan fingerprint density at radius 2 is 1.70 bits per heavy atom. The third-order valence-electron chi connectivity index (χ3n) is 5.12. The zero-order chi connectivity index (χ0) is 26.8. The minimum Gasteiger partial charge on any atom is -0.493 e. The number of ether oxygens (including phenoxy) is 3. The lowest BCUT2D eigenvalue weighted by molar-refractivity contribution is -0.152. The van der Waals surface area contributed by atoms with Gasteiger partial charge in [-0.25, -0.2) is 9.59 Å². The fourth-order valence-corrected chi connectivity index (χ4v) is 3.38. The molecule has 194 valence electrons. The fraction of sp³-hybridized carbons (Fsp3) is 0.259. The Bertz CT molecular complexity index is 1250. The number of nitrogens with one attached hydrogen (secondary N) is 1. The van der Waals surface area contributed by atoms with E-state index < -0.39 is 36.3 Å². The molecule has 10 nitrogen and oxygen atoms in total. The highest BCUT2D eigenvalue weighted by atomic mass is 16.5. The molecular weight excluding hydrogens is 482 g/mol. The van der Waals surface area contributed by atoms with Crippen molar-refractivity contribution in [2.24, 2.45) is 0 Å². The van der Waals surface area contributed by atoms with Gasteiger partial charge in [0.05, 0.1) is 25.2 Å². The van der Waals surface area contributed by atoms with Crippen molar-refractivity contribution in [2.45, 2.75) is 32.9 Å². The Morgan fingerprint density at radius 1 is 0.946 bits per heavy atom. The predicted molar refractivity (Wildman–Crippen MR) is 131 cm³/mol. The molecule has 1 heterocycles. The van der Waals surface area contributed by atoms with Gasteiger partial charge in [0.25, 0.3) is 5.91 Å². The minimum absolute atomic E-state index is 0.0233. The smallest absolute Gasteiger partial charge is 0.371 e. The molecule has 2 N–H and O–H groups in total. The quantitative estimate of drug-likeness (QED) is 0.348. The number of carbonyl (C=O) groups is 4. The number of benzene rings is 2. The summed E-state index contributed by atoms with van der Waals surface area (Å²) in [6, 6.07) is 15.1. The standard InChI is InChI=1S/C27H27NO9/c1-3-34-23-14-18(21-12-13-22(37-21)26(31)32)10-11-19(23)25(30)28-20(27(33)35-4-2)15-24(29)36-16-17-8-6-5-7-9-17/h5-14,20H,3-4,15-16H2,1-2H3,(H,28,30)(H,31,32). The van der Waals surface area contributed by atoms with E-state index in [0.29, 0.717) is 5.56 Å². The van der Waals surface area contributed by atoms with Gasteiger partial charge in [0.2, 0.25) is 5.76 Å². The molecule has 1 aromatic heterocycles. The van der Waals surface area contributed by atoms with E-state index in [0.717, 1.165) is 5.56 Å². The molecule has 1 amide bonds. The first-order valence-corrected chi connectivity index (χ1v) is 11.6. The number of esters is 2. The number of furan rings is 1. The second kappa shape index (κ2) is 12.9. The number of rotatable bonds is 12. The van der Waals surface area contributed by atoms with Gasteiger partial charge in [0.1, 0.15) is 24.2 Å². The number of carboxylic acids is 1. The van der Waals surface area contributed by atoms with Gasteiger partial charge in [-0.05, 0) is 43.7 Å². The minimum atomic E-state index is -1.28. The maximum Gasteiger partial charge on any atom is 0.371 e.